The van der Waals surface area contributed by atoms with Crippen LogP contribution in [0.3, 0.4) is 0 Å². The van der Waals surface area contributed by atoms with Gasteiger partial charge in [-0.15, -0.1) is 11.8 Å². The van der Waals surface area contributed by atoms with Gasteiger partial charge in [0, 0.05) is 0 Å². The molecule has 0 spiro atoms. The van der Waals surface area contributed by atoms with Gasteiger partial charge < -0.3 is 15.6 Å². The number of carbonyl (C=O) groups excluding carboxylic acids is 2. The second-order valence-corrected chi connectivity index (χ2v) is 6.90. The zero-order chi connectivity index (χ0) is 16.6. The van der Waals surface area contributed by atoms with Crippen LogP contribution in [-0.2, 0) is 9.53 Å². The zero-order valence-electron chi connectivity index (χ0n) is 12.3. The molecule has 0 bridgehead atoms. The maximum atomic E-state index is 14.5. The highest BCUT2D eigenvalue weighted by atomic mass is 32.2. The van der Waals surface area contributed by atoms with Crippen LogP contribution in [0.2, 0.25) is 0 Å². The fourth-order valence-electron chi connectivity index (χ4n) is 2.97. The van der Waals surface area contributed by atoms with Gasteiger partial charge in [-0.3, -0.25) is 9.69 Å². The number of nitrogens with two attached hydrogens (primary N) is 1. The number of hydrogen-bond acceptors (Lipinski definition) is 5. The van der Waals surface area contributed by atoms with Crippen molar-refractivity contribution in [2.45, 2.75) is 30.2 Å². The summed E-state index contributed by atoms with van der Waals surface area (Å²) in [5.41, 5.74) is 5.52. The SMILES string of the molecule is NC(=O)C1COC(=O)N1c1ccc([C@@H]2CCS[C@@H](O)C2)c(F)c1. The van der Waals surface area contributed by atoms with Crippen molar-refractivity contribution in [3.8, 4) is 0 Å². The maximum absolute atomic E-state index is 14.5. The maximum Gasteiger partial charge on any atom is 0.415 e. The molecule has 0 aliphatic carbocycles. The van der Waals surface area contributed by atoms with Crippen molar-refractivity contribution in [2.24, 2.45) is 5.73 Å². The standard InChI is InChI=1S/C15H17FN2O4S/c16-11-6-9(18-12(14(17)20)7-22-15(18)21)1-2-10(11)8-3-4-23-13(19)5-8/h1-2,6,8,12-13,19H,3-5,7H2,(H2,17,20)/t8-,12?,13-/m1/s1. The molecule has 2 saturated heterocycles. The number of hydrogen-bond donors (Lipinski definition) is 2. The number of aliphatic hydroxyl groups excluding tert-OH is 1. The Balaban J connectivity index is 1.87. The molecule has 2 amide bonds. The van der Waals surface area contributed by atoms with Crippen molar-refractivity contribution >= 4 is 29.4 Å². The first kappa shape index (κ1) is 16.1. The molecule has 1 aromatic rings. The van der Waals surface area contributed by atoms with E-state index in [4.69, 9.17) is 10.5 Å². The van der Waals surface area contributed by atoms with Crippen molar-refractivity contribution < 1.29 is 23.8 Å². The monoisotopic (exact) mass is 340 g/mol. The average Bonchev–Trinajstić information content (AvgIpc) is 2.89. The average molecular weight is 340 g/mol. The molecule has 8 heteroatoms. The van der Waals surface area contributed by atoms with Crippen molar-refractivity contribution in [3.63, 3.8) is 0 Å². The van der Waals surface area contributed by atoms with Gasteiger partial charge >= 0.3 is 6.09 Å². The molecular weight excluding hydrogens is 323 g/mol. The molecule has 0 aromatic heterocycles. The van der Waals surface area contributed by atoms with Gasteiger partial charge in [0.1, 0.15) is 12.4 Å². The zero-order valence-corrected chi connectivity index (χ0v) is 13.1. The quantitative estimate of drug-likeness (QED) is 0.871. The third kappa shape index (κ3) is 3.13. The van der Waals surface area contributed by atoms with Gasteiger partial charge in [-0.25, -0.2) is 9.18 Å². The van der Waals surface area contributed by atoms with E-state index in [1.807, 2.05) is 0 Å². The normalized spacial score (nSPS) is 27.8. The Hall–Kier alpha value is -1.80. The molecule has 1 unspecified atom stereocenters. The Labute approximate surface area is 136 Å². The summed E-state index contributed by atoms with van der Waals surface area (Å²) in [6, 6.07) is 3.46. The summed E-state index contributed by atoms with van der Waals surface area (Å²) in [6.07, 6.45) is 0.565. The molecule has 1 aromatic carbocycles. The van der Waals surface area contributed by atoms with E-state index in [1.165, 1.54) is 17.8 Å². The summed E-state index contributed by atoms with van der Waals surface area (Å²) >= 11 is 1.46. The molecule has 23 heavy (non-hydrogen) atoms. The smallest absolute Gasteiger partial charge is 0.415 e. The number of cyclic esters (lactones) is 1. The molecule has 3 rings (SSSR count). The van der Waals surface area contributed by atoms with E-state index in [9.17, 15) is 19.1 Å². The number of thioether (sulfide) groups is 1. The minimum Gasteiger partial charge on any atom is -0.446 e. The number of carbonyl (C=O) groups is 2. The van der Waals surface area contributed by atoms with Gasteiger partial charge in [-0.1, -0.05) is 6.07 Å². The lowest BCUT2D eigenvalue weighted by Crippen LogP contribution is -2.43. The number of aliphatic hydroxyl groups is 1. The Kier molecular flexibility index (Phi) is 4.45. The van der Waals surface area contributed by atoms with E-state index in [-0.39, 0.29) is 18.2 Å². The van der Waals surface area contributed by atoms with Crippen LogP contribution in [0.1, 0.15) is 24.3 Å². The minimum absolute atomic E-state index is 0.0576. The Bertz CT molecular complexity index is 642. The number of amides is 2. The number of ether oxygens (including phenoxy) is 1. The van der Waals surface area contributed by atoms with Crippen molar-refractivity contribution in [2.75, 3.05) is 17.3 Å². The Morgan fingerprint density at radius 1 is 1.48 bits per heavy atom. The van der Waals surface area contributed by atoms with Gasteiger partial charge in [0.2, 0.25) is 5.91 Å². The molecule has 3 N–H and O–H groups in total. The predicted octanol–water partition coefficient (Wildman–Crippen LogP) is 1.57. The third-order valence-electron chi connectivity index (χ3n) is 4.17. The van der Waals surface area contributed by atoms with Crippen LogP contribution >= 0.6 is 11.8 Å². The first-order valence-electron chi connectivity index (χ1n) is 7.32. The summed E-state index contributed by atoms with van der Waals surface area (Å²) in [5.74, 6) is -0.449. The van der Waals surface area contributed by atoms with Crippen LogP contribution in [0.5, 0.6) is 0 Å². The second kappa shape index (κ2) is 6.37. The molecule has 124 valence electrons. The fraction of sp³-hybridized carbons (Fsp3) is 0.467. The highest BCUT2D eigenvalue weighted by Crippen LogP contribution is 2.37. The highest BCUT2D eigenvalue weighted by Gasteiger charge is 2.38. The number of anilines is 1. The summed E-state index contributed by atoms with van der Waals surface area (Å²) in [6.45, 7) is -0.135. The number of rotatable bonds is 3. The molecule has 2 fully saturated rings. The van der Waals surface area contributed by atoms with Crippen LogP contribution in [0.15, 0.2) is 18.2 Å². The molecule has 2 aliphatic heterocycles. The summed E-state index contributed by atoms with van der Waals surface area (Å²) in [4.78, 5) is 24.2. The van der Waals surface area contributed by atoms with E-state index < -0.39 is 29.3 Å². The van der Waals surface area contributed by atoms with E-state index in [0.717, 1.165) is 17.1 Å². The minimum atomic E-state index is -0.930. The molecule has 2 heterocycles. The molecule has 2 aliphatic rings. The van der Waals surface area contributed by atoms with Crippen LogP contribution in [0, 0.1) is 5.82 Å². The van der Waals surface area contributed by atoms with Gasteiger partial charge in [0.05, 0.1) is 11.1 Å². The molecule has 0 saturated carbocycles. The lowest BCUT2D eigenvalue weighted by atomic mass is 9.92. The summed E-state index contributed by atoms with van der Waals surface area (Å²) < 4.78 is 19.3. The van der Waals surface area contributed by atoms with E-state index in [1.54, 1.807) is 12.1 Å². The number of nitrogens with zero attached hydrogens (tertiary/aromatic N) is 1. The molecule has 0 radical (unpaired) electrons. The van der Waals surface area contributed by atoms with Crippen molar-refractivity contribution in [1.82, 2.24) is 0 Å². The lowest BCUT2D eigenvalue weighted by molar-refractivity contribution is -0.119. The second-order valence-electron chi connectivity index (χ2n) is 5.62. The number of primary amides is 1. The van der Waals surface area contributed by atoms with Crippen LogP contribution in [0.4, 0.5) is 14.9 Å². The van der Waals surface area contributed by atoms with Gasteiger partial charge in [0.15, 0.2) is 6.04 Å². The molecule has 6 nitrogen and oxygen atoms in total. The molecular formula is C15H17FN2O4S. The van der Waals surface area contributed by atoms with Gasteiger partial charge in [0.25, 0.3) is 0 Å². The van der Waals surface area contributed by atoms with Crippen LogP contribution in [-0.4, -0.2) is 40.9 Å². The van der Waals surface area contributed by atoms with Crippen LogP contribution < -0.4 is 10.6 Å². The number of benzene rings is 1. The predicted molar refractivity (Wildman–Crippen MR) is 83.6 cm³/mol. The third-order valence-corrected chi connectivity index (χ3v) is 5.21. The van der Waals surface area contributed by atoms with Crippen molar-refractivity contribution in [3.05, 3.63) is 29.6 Å². The largest absolute Gasteiger partial charge is 0.446 e. The first-order chi connectivity index (χ1) is 11.0. The number of halogens is 1. The fourth-order valence-corrected chi connectivity index (χ4v) is 4.03. The first-order valence-corrected chi connectivity index (χ1v) is 8.36. The topological polar surface area (TPSA) is 92.9 Å². The lowest BCUT2D eigenvalue weighted by Gasteiger charge is -2.27. The van der Waals surface area contributed by atoms with Gasteiger partial charge in [-0.2, -0.15) is 0 Å². The molecule has 3 atom stereocenters. The summed E-state index contributed by atoms with van der Waals surface area (Å²) in [5, 5.41) is 9.71. The Morgan fingerprint density at radius 2 is 2.26 bits per heavy atom. The van der Waals surface area contributed by atoms with E-state index >= 15 is 0 Å². The summed E-state index contributed by atoms with van der Waals surface area (Å²) in [7, 11) is 0. The van der Waals surface area contributed by atoms with E-state index in [0.29, 0.717) is 12.0 Å². The van der Waals surface area contributed by atoms with E-state index in [2.05, 4.69) is 0 Å². The van der Waals surface area contributed by atoms with Crippen LogP contribution in [0.25, 0.3) is 0 Å². The van der Waals surface area contributed by atoms with Crippen molar-refractivity contribution in [1.29, 1.82) is 0 Å². The Morgan fingerprint density at radius 3 is 2.91 bits per heavy atom. The van der Waals surface area contributed by atoms with Gasteiger partial charge in [-0.05, 0) is 42.2 Å². The highest BCUT2D eigenvalue weighted by molar-refractivity contribution is 7.99.